The first-order chi connectivity index (χ1) is 12.0. The van der Waals surface area contributed by atoms with Crippen LogP contribution in [0, 0.1) is 11.8 Å². The lowest BCUT2D eigenvalue weighted by molar-refractivity contribution is -0.144. The average Bonchev–Trinajstić information content (AvgIpc) is 3.16. The average molecular weight is 341 g/mol. The van der Waals surface area contributed by atoms with Crippen molar-refractivity contribution in [3.8, 4) is 5.69 Å². The summed E-state index contributed by atoms with van der Waals surface area (Å²) < 4.78 is 1.91. The van der Waals surface area contributed by atoms with Gasteiger partial charge in [-0.15, -0.1) is 0 Å². The van der Waals surface area contributed by atoms with Crippen LogP contribution < -0.4 is 5.32 Å². The van der Waals surface area contributed by atoms with Gasteiger partial charge in [0.05, 0.1) is 18.3 Å². The number of imidazole rings is 1. The Morgan fingerprint density at radius 2 is 2.12 bits per heavy atom. The number of nitrogens with zero attached hydrogens (tertiary/aromatic N) is 2. The van der Waals surface area contributed by atoms with Crippen molar-refractivity contribution in [1.29, 1.82) is 0 Å². The minimum absolute atomic E-state index is 0.0496. The van der Waals surface area contributed by atoms with E-state index in [0.29, 0.717) is 12.8 Å². The molecule has 1 aliphatic rings. The molecule has 6 nitrogen and oxygen atoms in total. The number of rotatable bonds is 5. The van der Waals surface area contributed by atoms with Crippen molar-refractivity contribution >= 4 is 11.9 Å². The number of carboxylic acid groups (broad SMARTS) is 1. The molecule has 1 amide bonds. The quantitative estimate of drug-likeness (QED) is 0.876. The van der Waals surface area contributed by atoms with Gasteiger partial charge in [-0.3, -0.25) is 9.59 Å². The number of carbonyl (C=O) groups is 2. The fourth-order valence-corrected chi connectivity index (χ4v) is 3.43. The minimum Gasteiger partial charge on any atom is -0.481 e. The van der Waals surface area contributed by atoms with E-state index in [1.54, 1.807) is 12.5 Å². The summed E-state index contributed by atoms with van der Waals surface area (Å²) in [6, 6.07) is 7.80. The molecule has 1 aliphatic carbocycles. The summed E-state index contributed by atoms with van der Waals surface area (Å²) in [4.78, 5) is 27.8. The molecule has 1 heterocycles. The van der Waals surface area contributed by atoms with Crippen LogP contribution in [0.1, 0.15) is 44.2 Å². The summed E-state index contributed by atoms with van der Waals surface area (Å²) in [5.74, 6) is -1.46. The van der Waals surface area contributed by atoms with E-state index in [1.165, 1.54) is 0 Å². The van der Waals surface area contributed by atoms with E-state index in [2.05, 4.69) is 10.3 Å². The number of aliphatic carboxylic acids is 1. The highest BCUT2D eigenvalue weighted by molar-refractivity contribution is 5.80. The molecule has 2 aromatic rings. The Kier molecular flexibility index (Phi) is 5.16. The van der Waals surface area contributed by atoms with Gasteiger partial charge in [0.25, 0.3) is 0 Å². The van der Waals surface area contributed by atoms with E-state index in [9.17, 15) is 14.7 Å². The van der Waals surface area contributed by atoms with Crippen LogP contribution in [-0.2, 0) is 9.59 Å². The molecule has 1 fully saturated rings. The zero-order valence-electron chi connectivity index (χ0n) is 14.3. The van der Waals surface area contributed by atoms with Crippen LogP contribution in [0.2, 0.25) is 0 Å². The maximum Gasteiger partial charge on any atom is 0.306 e. The van der Waals surface area contributed by atoms with Crippen LogP contribution in [0.4, 0.5) is 0 Å². The molecule has 1 unspecified atom stereocenters. The highest BCUT2D eigenvalue weighted by Gasteiger charge is 2.31. The second-order valence-corrected chi connectivity index (χ2v) is 6.69. The van der Waals surface area contributed by atoms with Crippen molar-refractivity contribution in [2.75, 3.05) is 0 Å². The third kappa shape index (κ3) is 4.07. The number of benzene rings is 1. The van der Waals surface area contributed by atoms with E-state index in [4.69, 9.17) is 0 Å². The SMILES string of the molecule is CC(NC(=O)[C@@H]1CCC[C@H](C(=O)O)C1)c1cccc(-n2ccnc2)c1. The lowest BCUT2D eigenvalue weighted by Crippen LogP contribution is -2.36. The summed E-state index contributed by atoms with van der Waals surface area (Å²) >= 11 is 0. The Morgan fingerprint density at radius 3 is 2.84 bits per heavy atom. The van der Waals surface area contributed by atoms with E-state index in [1.807, 2.05) is 42.0 Å². The number of carboxylic acids is 1. The zero-order chi connectivity index (χ0) is 17.8. The van der Waals surface area contributed by atoms with Crippen LogP contribution in [0.15, 0.2) is 43.0 Å². The van der Waals surface area contributed by atoms with Gasteiger partial charge in [0.1, 0.15) is 0 Å². The zero-order valence-corrected chi connectivity index (χ0v) is 14.3. The van der Waals surface area contributed by atoms with Crippen LogP contribution in [0.25, 0.3) is 5.69 Å². The Morgan fingerprint density at radius 1 is 1.32 bits per heavy atom. The first-order valence-corrected chi connectivity index (χ1v) is 8.66. The molecule has 0 spiro atoms. The van der Waals surface area contributed by atoms with Gasteiger partial charge in [-0.1, -0.05) is 18.6 Å². The van der Waals surface area contributed by atoms with Gasteiger partial charge in [0.2, 0.25) is 5.91 Å². The van der Waals surface area contributed by atoms with E-state index in [-0.39, 0.29) is 17.9 Å². The van der Waals surface area contributed by atoms with Gasteiger partial charge in [-0.05, 0) is 43.9 Å². The fraction of sp³-hybridized carbons (Fsp3) is 0.421. The van der Waals surface area contributed by atoms with E-state index >= 15 is 0 Å². The summed E-state index contributed by atoms with van der Waals surface area (Å²) in [5, 5.41) is 12.2. The molecule has 1 saturated carbocycles. The first kappa shape index (κ1) is 17.2. The predicted molar refractivity (Wildman–Crippen MR) is 93.2 cm³/mol. The molecule has 0 saturated heterocycles. The normalized spacial score (nSPS) is 21.5. The van der Waals surface area contributed by atoms with Crippen molar-refractivity contribution in [3.63, 3.8) is 0 Å². The summed E-state index contributed by atoms with van der Waals surface area (Å²) in [7, 11) is 0. The largest absolute Gasteiger partial charge is 0.481 e. The van der Waals surface area contributed by atoms with Gasteiger partial charge < -0.3 is 15.0 Å². The predicted octanol–water partition coefficient (Wildman–Crippen LogP) is 2.94. The number of aromatic nitrogens is 2. The second-order valence-electron chi connectivity index (χ2n) is 6.69. The standard InChI is InChI=1S/C19H23N3O3/c1-13(14-4-3-7-17(11-14)22-9-8-20-12-22)21-18(23)15-5-2-6-16(10-15)19(24)25/h3-4,7-9,11-13,15-16H,2,5-6,10H2,1H3,(H,21,23)(H,24,25)/t13?,15-,16+/m1/s1. The monoisotopic (exact) mass is 341 g/mol. The van der Waals surface area contributed by atoms with Crippen LogP contribution >= 0.6 is 0 Å². The summed E-state index contributed by atoms with van der Waals surface area (Å²) in [6.45, 7) is 1.95. The molecule has 0 radical (unpaired) electrons. The Balaban J connectivity index is 1.65. The van der Waals surface area contributed by atoms with Gasteiger partial charge in [0.15, 0.2) is 0 Å². The second kappa shape index (κ2) is 7.51. The first-order valence-electron chi connectivity index (χ1n) is 8.66. The lowest BCUT2D eigenvalue weighted by Gasteiger charge is -2.27. The molecule has 25 heavy (non-hydrogen) atoms. The molecule has 0 aliphatic heterocycles. The number of carbonyl (C=O) groups excluding carboxylic acids is 1. The van der Waals surface area contributed by atoms with Crippen molar-refractivity contribution in [1.82, 2.24) is 14.9 Å². The van der Waals surface area contributed by atoms with Gasteiger partial charge in [-0.25, -0.2) is 4.98 Å². The van der Waals surface area contributed by atoms with Crippen molar-refractivity contribution < 1.29 is 14.7 Å². The van der Waals surface area contributed by atoms with Gasteiger partial charge >= 0.3 is 5.97 Å². The Bertz CT molecular complexity index is 742. The molecular formula is C19H23N3O3. The molecule has 1 aromatic heterocycles. The minimum atomic E-state index is -0.793. The Hall–Kier alpha value is -2.63. The van der Waals surface area contributed by atoms with Crippen molar-refractivity contribution in [2.24, 2.45) is 11.8 Å². The molecule has 0 bridgehead atoms. The highest BCUT2D eigenvalue weighted by atomic mass is 16.4. The molecular weight excluding hydrogens is 318 g/mol. The van der Waals surface area contributed by atoms with Crippen LogP contribution in [0.5, 0.6) is 0 Å². The van der Waals surface area contributed by atoms with E-state index in [0.717, 1.165) is 24.1 Å². The smallest absolute Gasteiger partial charge is 0.306 e. The molecule has 3 rings (SSSR count). The van der Waals surface area contributed by atoms with Gasteiger partial charge in [-0.2, -0.15) is 0 Å². The Labute approximate surface area is 146 Å². The molecule has 3 atom stereocenters. The van der Waals surface area contributed by atoms with Gasteiger partial charge in [0, 0.05) is 24.0 Å². The summed E-state index contributed by atoms with van der Waals surface area (Å²) in [6.07, 6.45) is 7.98. The molecule has 1 aromatic carbocycles. The van der Waals surface area contributed by atoms with Crippen LogP contribution in [-0.4, -0.2) is 26.5 Å². The topological polar surface area (TPSA) is 84.2 Å². The molecule has 132 valence electrons. The van der Waals surface area contributed by atoms with Crippen LogP contribution in [0.3, 0.4) is 0 Å². The fourth-order valence-electron chi connectivity index (χ4n) is 3.43. The number of hydrogen-bond acceptors (Lipinski definition) is 3. The lowest BCUT2D eigenvalue weighted by atomic mass is 9.81. The number of hydrogen-bond donors (Lipinski definition) is 2. The van der Waals surface area contributed by atoms with Crippen molar-refractivity contribution in [2.45, 2.75) is 38.6 Å². The summed E-state index contributed by atoms with van der Waals surface area (Å²) in [5.41, 5.74) is 1.99. The maximum atomic E-state index is 12.5. The third-order valence-electron chi connectivity index (χ3n) is 4.93. The third-order valence-corrected chi connectivity index (χ3v) is 4.93. The number of amides is 1. The maximum absolute atomic E-state index is 12.5. The number of nitrogens with one attached hydrogen (secondary N) is 1. The molecule has 6 heteroatoms. The molecule has 2 N–H and O–H groups in total. The highest BCUT2D eigenvalue weighted by Crippen LogP contribution is 2.30. The van der Waals surface area contributed by atoms with E-state index < -0.39 is 11.9 Å². The van der Waals surface area contributed by atoms with Crippen molar-refractivity contribution in [3.05, 3.63) is 48.5 Å².